The lowest BCUT2D eigenvalue weighted by Crippen LogP contribution is -2.37. The van der Waals surface area contributed by atoms with E-state index in [4.69, 9.17) is 0 Å². The average Bonchev–Trinajstić information content (AvgIpc) is 2.59. The monoisotopic (exact) mass is 242 g/mol. The van der Waals surface area contributed by atoms with Crippen LogP contribution < -0.4 is 5.32 Å². The highest BCUT2D eigenvalue weighted by Crippen LogP contribution is 2.18. The van der Waals surface area contributed by atoms with Gasteiger partial charge in [-0.2, -0.15) is 0 Å². The minimum absolute atomic E-state index is 0.0512. The average molecular weight is 242 g/mol. The van der Waals surface area contributed by atoms with Gasteiger partial charge in [0.2, 0.25) is 11.8 Å². The summed E-state index contributed by atoms with van der Waals surface area (Å²) in [6.45, 7) is 1.89. The lowest BCUT2D eigenvalue weighted by atomic mass is 10.1. The molecule has 1 unspecified atom stereocenters. The number of ether oxygens (including phenoxy) is 1. The zero-order valence-corrected chi connectivity index (χ0v) is 10.2. The van der Waals surface area contributed by atoms with Crippen LogP contribution in [-0.2, 0) is 19.1 Å². The molecule has 1 atom stereocenters. The topological polar surface area (TPSA) is 75.7 Å². The molecular formula is C11H18N2O4. The van der Waals surface area contributed by atoms with Gasteiger partial charge in [0.25, 0.3) is 0 Å². The SMILES string of the molecule is CCOC(=O)CNC(=O)CC1CCC(=O)N1C. The van der Waals surface area contributed by atoms with E-state index in [2.05, 4.69) is 10.1 Å². The van der Waals surface area contributed by atoms with Crippen LogP contribution in [0.4, 0.5) is 0 Å². The fourth-order valence-electron chi connectivity index (χ4n) is 1.77. The van der Waals surface area contributed by atoms with Crippen LogP contribution in [0.5, 0.6) is 0 Å². The maximum absolute atomic E-state index is 11.5. The molecule has 6 nitrogen and oxygen atoms in total. The van der Waals surface area contributed by atoms with Gasteiger partial charge < -0.3 is 15.0 Å². The van der Waals surface area contributed by atoms with Crippen molar-refractivity contribution in [2.24, 2.45) is 0 Å². The molecule has 6 heteroatoms. The summed E-state index contributed by atoms with van der Waals surface area (Å²) in [6.07, 6.45) is 1.43. The molecule has 2 amide bonds. The van der Waals surface area contributed by atoms with Gasteiger partial charge in [0, 0.05) is 25.9 Å². The summed E-state index contributed by atoms with van der Waals surface area (Å²) in [6, 6.07) is -0.0512. The van der Waals surface area contributed by atoms with Gasteiger partial charge >= 0.3 is 5.97 Å². The first-order valence-corrected chi connectivity index (χ1v) is 5.72. The van der Waals surface area contributed by atoms with Crippen molar-refractivity contribution in [3.05, 3.63) is 0 Å². The van der Waals surface area contributed by atoms with E-state index in [1.807, 2.05) is 0 Å². The molecule has 1 aliphatic rings. The minimum atomic E-state index is -0.447. The number of nitrogens with one attached hydrogen (secondary N) is 1. The first kappa shape index (κ1) is 13.5. The Morgan fingerprint density at radius 2 is 2.24 bits per heavy atom. The van der Waals surface area contributed by atoms with Gasteiger partial charge in [-0.3, -0.25) is 14.4 Å². The summed E-state index contributed by atoms with van der Waals surface area (Å²) >= 11 is 0. The van der Waals surface area contributed by atoms with E-state index < -0.39 is 5.97 Å². The van der Waals surface area contributed by atoms with Gasteiger partial charge in [-0.05, 0) is 13.3 Å². The zero-order valence-electron chi connectivity index (χ0n) is 10.2. The quantitative estimate of drug-likeness (QED) is 0.670. The van der Waals surface area contributed by atoms with Crippen molar-refractivity contribution in [2.45, 2.75) is 32.2 Å². The molecule has 0 radical (unpaired) electrons. The van der Waals surface area contributed by atoms with E-state index in [9.17, 15) is 14.4 Å². The number of carbonyl (C=O) groups excluding carboxylic acids is 3. The molecule has 0 saturated carbocycles. The molecular weight excluding hydrogens is 224 g/mol. The summed E-state index contributed by atoms with van der Waals surface area (Å²) < 4.78 is 4.68. The molecule has 96 valence electrons. The Balaban J connectivity index is 2.26. The van der Waals surface area contributed by atoms with Crippen molar-refractivity contribution >= 4 is 17.8 Å². The summed E-state index contributed by atoms with van der Waals surface area (Å²) in [4.78, 5) is 35.3. The predicted molar refractivity (Wildman–Crippen MR) is 60.1 cm³/mol. The number of esters is 1. The number of likely N-dealkylation sites (tertiary alicyclic amines) is 1. The Hall–Kier alpha value is -1.59. The summed E-state index contributed by atoms with van der Waals surface area (Å²) in [7, 11) is 1.69. The smallest absolute Gasteiger partial charge is 0.325 e. The van der Waals surface area contributed by atoms with Gasteiger partial charge in [0.1, 0.15) is 6.54 Å². The fraction of sp³-hybridized carbons (Fsp3) is 0.727. The largest absolute Gasteiger partial charge is 0.465 e. The Morgan fingerprint density at radius 3 is 2.76 bits per heavy atom. The first-order valence-electron chi connectivity index (χ1n) is 5.72. The highest BCUT2D eigenvalue weighted by molar-refractivity contribution is 5.84. The van der Waals surface area contributed by atoms with Crippen molar-refractivity contribution in [3.63, 3.8) is 0 Å². The highest BCUT2D eigenvalue weighted by Gasteiger charge is 2.29. The third kappa shape index (κ3) is 4.05. The third-order valence-electron chi connectivity index (χ3n) is 2.79. The molecule has 1 N–H and O–H groups in total. The second kappa shape index (κ2) is 6.22. The van der Waals surface area contributed by atoms with Gasteiger partial charge in [0.15, 0.2) is 0 Å². The predicted octanol–water partition coefficient (Wildman–Crippen LogP) is -0.323. The Labute approximate surface area is 100 Å². The van der Waals surface area contributed by atoms with E-state index in [0.717, 1.165) is 0 Å². The van der Waals surface area contributed by atoms with E-state index in [1.54, 1.807) is 18.9 Å². The lowest BCUT2D eigenvalue weighted by molar-refractivity contribution is -0.143. The number of carbonyl (C=O) groups is 3. The van der Waals surface area contributed by atoms with E-state index in [-0.39, 0.29) is 30.8 Å². The number of amides is 2. The Bertz CT molecular complexity index is 317. The lowest BCUT2D eigenvalue weighted by Gasteiger charge is -2.18. The molecule has 1 heterocycles. The number of hydrogen-bond acceptors (Lipinski definition) is 4. The zero-order chi connectivity index (χ0) is 12.8. The van der Waals surface area contributed by atoms with Crippen LogP contribution in [0.15, 0.2) is 0 Å². The highest BCUT2D eigenvalue weighted by atomic mass is 16.5. The normalized spacial score (nSPS) is 19.3. The van der Waals surface area contributed by atoms with Crippen LogP contribution in [0.25, 0.3) is 0 Å². The van der Waals surface area contributed by atoms with Crippen LogP contribution in [0.1, 0.15) is 26.2 Å². The van der Waals surface area contributed by atoms with Crippen molar-refractivity contribution in [1.29, 1.82) is 0 Å². The fourth-order valence-corrected chi connectivity index (χ4v) is 1.77. The van der Waals surface area contributed by atoms with Gasteiger partial charge in [-0.1, -0.05) is 0 Å². The van der Waals surface area contributed by atoms with Crippen molar-refractivity contribution in [2.75, 3.05) is 20.2 Å². The summed E-state index contributed by atoms with van der Waals surface area (Å²) in [5.41, 5.74) is 0. The molecule has 1 rings (SSSR count). The van der Waals surface area contributed by atoms with E-state index in [0.29, 0.717) is 19.4 Å². The van der Waals surface area contributed by atoms with Gasteiger partial charge in [0.05, 0.1) is 6.61 Å². The maximum atomic E-state index is 11.5. The van der Waals surface area contributed by atoms with Crippen molar-refractivity contribution in [1.82, 2.24) is 10.2 Å². The molecule has 0 spiro atoms. The Kier molecular flexibility index (Phi) is 4.93. The molecule has 1 fully saturated rings. The van der Waals surface area contributed by atoms with Crippen LogP contribution in [-0.4, -0.2) is 48.9 Å². The minimum Gasteiger partial charge on any atom is -0.465 e. The van der Waals surface area contributed by atoms with Crippen LogP contribution in [0.3, 0.4) is 0 Å². The second-order valence-electron chi connectivity index (χ2n) is 3.98. The van der Waals surface area contributed by atoms with Gasteiger partial charge in [-0.15, -0.1) is 0 Å². The summed E-state index contributed by atoms with van der Waals surface area (Å²) in [5, 5.41) is 2.48. The third-order valence-corrected chi connectivity index (χ3v) is 2.79. The number of hydrogen-bond donors (Lipinski definition) is 1. The molecule has 0 aliphatic carbocycles. The molecule has 0 aromatic carbocycles. The molecule has 1 saturated heterocycles. The summed E-state index contributed by atoms with van der Waals surface area (Å²) in [5.74, 6) is -0.616. The van der Waals surface area contributed by atoms with E-state index >= 15 is 0 Å². The van der Waals surface area contributed by atoms with Crippen molar-refractivity contribution in [3.8, 4) is 0 Å². The molecule has 0 aromatic heterocycles. The maximum Gasteiger partial charge on any atom is 0.325 e. The number of rotatable bonds is 5. The first-order chi connectivity index (χ1) is 8.04. The second-order valence-corrected chi connectivity index (χ2v) is 3.98. The van der Waals surface area contributed by atoms with Gasteiger partial charge in [-0.25, -0.2) is 0 Å². The number of nitrogens with zero attached hydrogens (tertiary/aromatic N) is 1. The van der Waals surface area contributed by atoms with E-state index in [1.165, 1.54) is 0 Å². The molecule has 0 bridgehead atoms. The van der Waals surface area contributed by atoms with Crippen LogP contribution >= 0.6 is 0 Å². The molecule has 17 heavy (non-hydrogen) atoms. The van der Waals surface area contributed by atoms with Crippen molar-refractivity contribution < 1.29 is 19.1 Å². The Morgan fingerprint density at radius 1 is 1.53 bits per heavy atom. The van der Waals surface area contributed by atoms with Crippen LogP contribution in [0, 0.1) is 0 Å². The molecule has 1 aliphatic heterocycles. The van der Waals surface area contributed by atoms with Crippen LogP contribution in [0.2, 0.25) is 0 Å². The molecule has 0 aromatic rings. The standard InChI is InChI=1S/C11H18N2O4/c1-3-17-11(16)7-12-9(14)6-8-4-5-10(15)13(8)2/h8H,3-7H2,1-2H3,(H,12,14).